The van der Waals surface area contributed by atoms with Crippen LogP contribution in [-0.2, 0) is 14.3 Å². The zero-order chi connectivity index (χ0) is 27.0. The lowest BCUT2D eigenvalue weighted by atomic mass is 10.0. The fourth-order valence-electron chi connectivity index (χ4n) is 5.12. The molecule has 0 unspecified atom stereocenters. The second kappa shape index (κ2) is 10.2. The molecule has 3 aromatic carbocycles. The first-order valence-corrected chi connectivity index (χ1v) is 13.6. The highest BCUT2D eigenvalue weighted by molar-refractivity contribution is 8.02. The molecule has 3 aliphatic heterocycles. The number of thioether (sulfide) groups is 1. The molecule has 0 radical (unpaired) electrons. The predicted octanol–water partition coefficient (Wildman–Crippen LogP) is 3.03. The van der Waals surface area contributed by atoms with Crippen molar-refractivity contribution < 1.29 is 19.1 Å². The molecule has 0 saturated carbocycles. The monoisotopic (exact) mass is 541 g/mol. The highest BCUT2D eigenvalue weighted by Crippen LogP contribution is 2.50. The lowest BCUT2D eigenvalue weighted by Gasteiger charge is -2.38. The number of esters is 1. The zero-order valence-corrected chi connectivity index (χ0v) is 21.8. The molecule has 3 aliphatic rings. The van der Waals surface area contributed by atoms with Crippen LogP contribution in [0, 0.1) is 0 Å². The van der Waals surface area contributed by atoms with Crippen LogP contribution in [0.5, 0.6) is 0 Å². The summed E-state index contributed by atoms with van der Waals surface area (Å²) < 4.78 is 6.24. The summed E-state index contributed by atoms with van der Waals surface area (Å²) in [5, 5.41) is 5.31. The third-order valence-corrected chi connectivity index (χ3v) is 8.90. The van der Waals surface area contributed by atoms with Crippen molar-refractivity contribution >= 4 is 35.9 Å². The molecule has 198 valence electrons. The van der Waals surface area contributed by atoms with Gasteiger partial charge in [0.25, 0.3) is 0 Å². The number of hydrogen-bond donors (Lipinski definition) is 1. The maximum Gasteiger partial charge on any atom is 0.345 e. The number of nitrogens with two attached hydrogens (primary N) is 1. The van der Waals surface area contributed by atoms with Crippen LogP contribution in [0.4, 0.5) is 4.79 Å². The van der Waals surface area contributed by atoms with Gasteiger partial charge in [0.2, 0.25) is 10.8 Å². The number of benzene rings is 3. The third-order valence-electron chi connectivity index (χ3n) is 7.20. The number of nitrogens with zero attached hydrogens (tertiary/aromatic N) is 4. The minimum atomic E-state index is -1.45. The number of ether oxygens (including phenoxy) is 1. The summed E-state index contributed by atoms with van der Waals surface area (Å²) in [6, 6.07) is 27.2. The van der Waals surface area contributed by atoms with E-state index < -0.39 is 34.4 Å². The SMILES string of the molecule is N[C@@H]1C(=O)N2C[C@@](C(=O)OC(c3ccccc3)c3ccccc3)(N3CCN(/N=C/c4ccccc4)C3=O)S[C@H]12. The Morgan fingerprint density at radius 1 is 0.949 bits per heavy atom. The van der Waals surface area contributed by atoms with Crippen LogP contribution in [-0.4, -0.2) is 74.9 Å². The van der Waals surface area contributed by atoms with Crippen molar-refractivity contribution in [1.82, 2.24) is 14.8 Å². The van der Waals surface area contributed by atoms with Gasteiger partial charge in [-0.3, -0.25) is 9.69 Å². The summed E-state index contributed by atoms with van der Waals surface area (Å²) in [6.45, 7) is 0.549. The summed E-state index contributed by atoms with van der Waals surface area (Å²) in [5.74, 6) is -0.836. The van der Waals surface area contributed by atoms with Gasteiger partial charge in [0.05, 0.1) is 19.3 Å². The largest absolute Gasteiger partial charge is 0.450 e. The molecule has 3 heterocycles. The third kappa shape index (κ3) is 4.45. The van der Waals surface area contributed by atoms with Crippen molar-refractivity contribution in [2.75, 3.05) is 19.6 Å². The van der Waals surface area contributed by atoms with E-state index in [0.29, 0.717) is 6.54 Å². The smallest absolute Gasteiger partial charge is 0.345 e. The van der Waals surface area contributed by atoms with E-state index in [1.165, 1.54) is 21.7 Å². The molecule has 3 saturated heterocycles. The van der Waals surface area contributed by atoms with E-state index in [2.05, 4.69) is 5.10 Å². The van der Waals surface area contributed by atoms with Crippen molar-refractivity contribution in [3.63, 3.8) is 0 Å². The van der Waals surface area contributed by atoms with Crippen molar-refractivity contribution in [1.29, 1.82) is 0 Å². The summed E-state index contributed by atoms with van der Waals surface area (Å²) >= 11 is 1.21. The Labute approximate surface area is 230 Å². The quantitative estimate of drug-likeness (QED) is 0.280. The van der Waals surface area contributed by atoms with Gasteiger partial charge in [-0.05, 0) is 16.7 Å². The van der Waals surface area contributed by atoms with Crippen LogP contribution in [0.3, 0.4) is 0 Å². The van der Waals surface area contributed by atoms with Gasteiger partial charge in [-0.15, -0.1) is 0 Å². The van der Waals surface area contributed by atoms with Crippen molar-refractivity contribution in [3.05, 3.63) is 108 Å². The topological polar surface area (TPSA) is 109 Å². The Morgan fingerprint density at radius 3 is 2.13 bits per heavy atom. The summed E-state index contributed by atoms with van der Waals surface area (Å²) in [5.41, 5.74) is 8.53. The first-order chi connectivity index (χ1) is 19.0. The molecule has 0 aliphatic carbocycles. The summed E-state index contributed by atoms with van der Waals surface area (Å²) in [7, 11) is 0. The normalized spacial score (nSPS) is 24.4. The Morgan fingerprint density at radius 2 is 1.54 bits per heavy atom. The number of amides is 3. The molecule has 6 rings (SSSR count). The standard InChI is InChI=1S/C29H27N5O4S/c30-23-25(35)32-19-29(39-26(23)32,33-16-17-34(28(33)37)31-18-20-10-4-1-5-11-20)27(36)38-24(21-12-6-2-7-13-21)22-14-8-3-9-15-22/h1-15,18,23-24,26H,16-17,19,30H2/b31-18+/t23-,26-,29-/m1/s1. The summed E-state index contributed by atoms with van der Waals surface area (Å²) in [4.78, 5) is 41.9. The second-order valence-corrected chi connectivity index (χ2v) is 11.0. The van der Waals surface area contributed by atoms with E-state index >= 15 is 0 Å². The van der Waals surface area contributed by atoms with Gasteiger partial charge in [-0.25, -0.2) is 14.6 Å². The highest BCUT2D eigenvalue weighted by atomic mass is 32.2. The highest BCUT2D eigenvalue weighted by Gasteiger charge is 2.66. The van der Waals surface area contributed by atoms with Gasteiger partial charge in [0, 0.05) is 6.54 Å². The second-order valence-electron chi connectivity index (χ2n) is 9.60. The first-order valence-electron chi connectivity index (χ1n) is 12.7. The minimum Gasteiger partial charge on any atom is -0.450 e. The van der Waals surface area contributed by atoms with Crippen LogP contribution < -0.4 is 5.73 Å². The molecule has 0 bridgehead atoms. The zero-order valence-electron chi connectivity index (χ0n) is 21.0. The van der Waals surface area contributed by atoms with Crippen molar-refractivity contribution in [3.8, 4) is 0 Å². The maximum absolute atomic E-state index is 14.2. The molecule has 3 fully saturated rings. The molecule has 3 amide bonds. The Balaban J connectivity index is 1.31. The minimum absolute atomic E-state index is 0.00593. The van der Waals surface area contributed by atoms with Crippen LogP contribution in [0.1, 0.15) is 22.8 Å². The molecule has 3 aromatic rings. The van der Waals surface area contributed by atoms with Gasteiger partial charge < -0.3 is 15.4 Å². The van der Waals surface area contributed by atoms with E-state index in [1.54, 1.807) is 11.1 Å². The van der Waals surface area contributed by atoms with E-state index in [9.17, 15) is 14.4 Å². The molecule has 0 aromatic heterocycles. The van der Waals surface area contributed by atoms with E-state index in [-0.39, 0.29) is 19.0 Å². The Bertz CT molecular complexity index is 1370. The Kier molecular flexibility index (Phi) is 6.58. The lowest BCUT2D eigenvalue weighted by Crippen LogP contribution is -2.65. The van der Waals surface area contributed by atoms with Gasteiger partial charge in [-0.1, -0.05) is 103 Å². The van der Waals surface area contributed by atoms with Gasteiger partial charge in [-0.2, -0.15) is 5.10 Å². The molecule has 39 heavy (non-hydrogen) atoms. The van der Waals surface area contributed by atoms with Crippen molar-refractivity contribution in [2.45, 2.75) is 22.4 Å². The summed E-state index contributed by atoms with van der Waals surface area (Å²) in [6.07, 6.45) is 0.918. The number of β-lactam (4-membered cyclic amide) rings is 1. The molecule has 0 spiro atoms. The number of carbonyl (C=O) groups excluding carboxylic acids is 3. The van der Waals surface area contributed by atoms with E-state index in [0.717, 1.165) is 16.7 Å². The maximum atomic E-state index is 14.2. The number of urea groups is 1. The fraction of sp³-hybridized carbons (Fsp3) is 0.241. The first kappa shape index (κ1) is 25.1. The fourth-order valence-corrected chi connectivity index (χ4v) is 6.74. The average molecular weight is 542 g/mol. The molecule has 2 N–H and O–H groups in total. The van der Waals surface area contributed by atoms with Crippen molar-refractivity contribution in [2.24, 2.45) is 10.8 Å². The number of carbonyl (C=O) groups is 3. The van der Waals surface area contributed by atoms with Gasteiger partial charge in [0.1, 0.15) is 11.4 Å². The van der Waals surface area contributed by atoms with E-state index in [4.69, 9.17) is 10.5 Å². The number of hydrogen-bond acceptors (Lipinski definition) is 7. The number of fused-ring (bicyclic) bond motifs is 1. The van der Waals surface area contributed by atoms with Crippen LogP contribution in [0.2, 0.25) is 0 Å². The van der Waals surface area contributed by atoms with Crippen LogP contribution in [0.15, 0.2) is 96.1 Å². The average Bonchev–Trinajstić information content (AvgIpc) is 3.55. The number of rotatable bonds is 7. The molecule has 10 heteroatoms. The van der Waals surface area contributed by atoms with E-state index in [1.807, 2.05) is 91.0 Å². The molecule has 3 atom stereocenters. The molecular weight excluding hydrogens is 514 g/mol. The van der Waals surface area contributed by atoms with Gasteiger partial charge >= 0.3 is 12.0 Å². The molecule has 9 nitrogen and oxygen atoms in total. The molecular formula is C29H27N5O4S. The van der Waals surface area contributed by atoms with Gasteiger partial charge in [0.15, 0.2) is 6.10 Å². The predicted molar refractivity (Wildman–Crippen MR) is 147 cm³/mol. The van der Waals surface area contributed by atoms with Crippen LogP contribution in [0.25, 0.3) is 0 Å². The lowest BCUT2D eigenvalue weighted by molar-refractivity contribution is -0.156. The van der Waals surface area contributed by atoms with Crippen LogP contribution >= 0.6 is 11.8 Å². The Hall–Kier alpha value is -4.15. The number of hydrazone groups is 1.